The molecule has 2 amide bonds. The van der Waals surface area contributed by atoms with Gasteiger partial charge in [0.05, 0.1) is 19.3 Å². The molecule has 0 aliphatic carbocycles. The lowest BCUT2D eigenvalue weighted by Crippen LogP contribution is -2.35. The van der Waals surface area contributed by atoms with Crippen molar-refractivity contribution >= 4 is 22.6 Å². The molecule has 2 heterocycles. The summed E-state index contributed by atoms with van der Waals surface area (Å²) in [6, 6.07) is 20.2. The molecule has 8 heteroatoms. The Morgan fingerprint density at radius 1 is 1.00 bits per heavy atom. The summed E-state index contributed by atoms with van der Waals surface area (Å²) in [7, 11) is 1.55. The van der Waals surface area contributed by atoms with Crippen LogP contribution in [0.25, 0.3) is 10.9 Å². The number of para-hydroxylation sites is 2. The first kappa shape index (κ1) is 23.3. The van der Waals surface area contributed by atoms with Crippen molar-refractivity contribution < 1.29 is 19.0 Å². The van der Waals surface area contributed by atoms with Gasteiger partial charge in [-0.25, -0.2) is 4.79 Å². The van der Waals surface area contributed by atoms with Crippen LogP contribution in [0.2, 0.25) is 0 Å². The number of hydrogen-bond acceptors (Lipinski definition) is 5. The van der Waals surface area contributed by atoms with Gasteiger partial charge in [0.25, 0.3) is 5.56 Å². The van der Waals surface area contributed by atoms with Crippen LogP contribution in [-0.2, 0) is 19.5 Å². The maximum absolute atomic E-state index is 13.5. The van der Waals surface area contributed by atoms with Crippen LogP contribution in [0, 0.1) is 0 Å². The lowest BCUT2D eigenvalue weighted by atomic mass is 10.1. The number of methoxy groups -OCH3 is 1. The highest BCUT2D eigenvalue weighted by molar-refractivity contribution is 5.91. The van der Waals surface area contributed by atoms with Gasteiger partial charge in [-0.1, -0.05) is 31.2 Å². The van der Waals surface area contributed by atoms with E-state index in [4.69, 9.17) is 14.2 Å². The molecule has 1 aliphatic rings. The minimum absolute atomic E-state index is 0.108. The number of urea groups is 1. The molecular weight excluding hydrogens is 458 g/mol. The van der Waals surface area contributed by atoms with Crippen LogP contribution in [0.5, 0.6) is 17.2 Å². The predicted octanol–water partition coefficient (Wildman–Crippen LogP) is 5.06. The molecule has 0 saturated heterocycles. The van der Waals surface area contributed by atoms with Crippen LogP contribution < -0.4 is 25.1 Å². The number of carbonyl (C=O) groups excluding carboxylic acids is 1. The zero-order valence-corrected chi connectivity index (χ0v) is 20.2. The van der Waals surface area contributed by atoms with Gasteiger partial charge in [0.1, 0.15) is 5.75 Å². The first-order chi connectivity index (χ1) is 17.5. The molecule has 184 valence electrons. The Kier molecular flexibility index (Phi) is 6.49. The minimum Gasteiger partial charge on any atom is -0.495 e. The average molecular weight is 486 g/mol. The number of carbonyl (C=O) groups is 1. The molecule has 8 nitrogen and oxygen atoms in total. The van der Waals surface area contributed by atoms with Crippen molar-refractivity contribution in [3.05, 3.63) is 93.8 Å². The number of nitrogens with one attached hydrogen (secondary N) is 2. The number of ether oxygens (including phenoxy) is 3. The molecule has 0 unspecified atom stereocenters. The Morgan fingerprint density at radius 3 is 2.64 bits per heavy atom. The van der Waals surface area contributed by atoms with Crippen molar-refractivity contribution in [3.63, 3.8) is 0 Å². The van der Waals surface area contributed by atoms with Gasteiger partial charge in [-0.2, -0.15) is 0 Å². The van der Waals surface area contributed by atoms with Crippen molar-refractivity contribution in [1.82, 2.24) is 9.88 Å². The van der Waals surface area contributed by atoms with Gasteiger partial charge >= 0.3 is 6.03 Å². The van der Waals surface area contributed by atoms with Gasteiger partial charge in [0.2, 0.25) is 6.79 Å². The fourth-order valence-electron chi connectivity index (χ4n) is 4.25. The van der Waals surface area contributed by atoms with Crippen molar-refractivity contribution in [1.29, 1.82) is 0 Å². The number of aromatic amines is 1. The number of aryl methyl sites for hydroxylation is 1. The lowest BCUT2D eigenvalue weighted by molar-refractivity contribution is 0.174. The van der Waals surface area contributed by atoms with E-state index in [9.17, 15) is 9.59 Å². The number of fused-ring (bicyclic) bond motifs is 2. The number of amides is 2. The number of benzene rings is 3. The van der Waals surface area contributed by atoms with E-state index in [1.807, 2.05) is 48.5 Å². The third-order valence-corrected chi connectivity index (χ3v) is 6.20. The van der Waals surface area contributed by atoms with Crippen LogP contribution in [0.3, 0.4) is 0 Å². The Bertz CT molecular complexity index is 1480. The number of H-pyrrole nitrogens is 1. The van der Waals surface area contributed by atoms with E-state index < -0.39 is 0 Å². The van der Waals surface area contributed by atoms with Crippen LogP contribution >= 0.6 is 0 Å². The molecule has 4 aromatic rings. The van der Waals surface area contributed by atoms with Crippen molar-refractivity contribution in [2.45, 2.75) is 26.4 Å². The molecule has 1 aromatic heterocycles. The van der Waals surface area contributed by atoms with E-state index in [-0.39, 0.29) is 31.5 Å². The number of pyridine rings is 1. The van der Waals surface area contributed by atoms with Crippen molar-refractivity contribution in [3.8, 4) is 17.2 Å². The number of hydrogen-bond donors (Lipinski definition) is 2. The lowest BCUT2D eigenvalue weighted by Gasteiger charge is -2.24. The van der Waals surface area contributed by atoms with Crippen LogP contribution in [0.15, 0.2) is 71.5 Å². The van der Waals surface area contributed by atoms with E-state index in [1.165, 1.54) is 5.56 Å². The largest absolute Gasteiger partial charge is 0.495 e. The molecule has 3 aromatic carbocycles. The van der Waals surface area contributed by atoms with Crippen molar-refractivity contribution in [2.24, 2.45) is 0 Å². The molecule has 0 saturated carbocycles. The highest BCUT2D eigenvalue weighted by Gasteiger charge is 2.20. The molecule has 0 atom stereocenters. The summed E-state index contributed by atoms with van der Waals surface area (Å²) in [6.45, 7) is 2.62. The fraction of sp³-hybridized carbons (Fsp3) is 0.214. The number of aromatic nitrogens is 1. The first-order valence-electron chi connectivity index (χ1n) is 11.8. The van der Waals surface area contributed by atoms with Gasteiger partial charge in [0, 0.05) is 17.6 Å². The molecule has 0 bridgehead atoms. The standard InChI is InChI=1S/C28H27N3O5/c1-3-18-8-10-22-20(12-18)14-21(27(32)29-22)16-31(15-19-9-11-25-26(13-19)36-17-35-25)28(33)30-23-6-4-5-7-24(23)34-2/h4-14H,3,15-17H2,1-2H3,(H,29,32)(H,30,33). The molecular formula is C28H27N3O5. The van der Waals surface area contributed by atoms with E-state index in [0.717, 1.165) is 22.9 Å². The zero-order valence-electron chi connectivity index (χ0n) is 20.2. The van der Waals surface area contributed by atoms with Crippen molar-refractivity contribution in [2.75, 3.05) is 19.2 Å². The molecule has 0 radical (unpaired) electrons. The zero-order chi connectivity index (χ0) is 25.1. The minimum atomic E-state index is -0.362. The molecule has 2 N–H and O–H groups in total. The smallest absolute Gasteiger partial charge is 0.322 e. The summed E-state index contributed by atoms with van der Waals surface area (Å²) >= 11 is 0. The number of nitrogens with zero attached hydrogens (tertiary/aromatic N) is 1. The topological polar surface area (TPSA) is 92.9 Å². The maximum atomic E-state index is 13.5. The van der Waals surface area contributed by atoms with Gasteiger partial charge in [-0.3, -0.25) is 4.79 Å². The Labute approximate surface area is 208 Å². The second-order valence-electron chi connectivity index (χ2n) is 8.57. The maximum Gasteiger partial charge on any atom is 0.322 e. The monoisotopic (exact) mass is 485 g/mol. The predicted molar refractivity (Wildman–Crippen MR) is 138 cm³/mol. The number of anilines is 1. The summed E-state index contributed by atoms with van der Waals surface area (Å²) < 4.78 is 16.3. The molecule has 0 fully saturated rings. The van der Waals surface area contributed by atoms with Gasteiger partial charge in [0.15, 0.2) is 11.5 Å². The van der Waals surface area contributed by atoms with E-state index in [2.05, 4.69) is 23.3 Å². The van der Waals surface area contributed by atoms with E-state index >= 15 is 0 Å². The normalized spacial score (nSPS) is 11.9. The quantitative estimate of drug-likeness (QED) is 0.382. The third-order valence-electron chi connectivity index (χ3n) is 6.20. The Morgan fingerprint density at radius 2 is 1.81 bits per heavy atom. The molecule has 36 heavy (non-hydrogen) atoms. The summed E-state index contributed by atoms with van der Waals surface area (Å²) in [6.07, 6.45) is 0.891. The van der Waals surface area contributed by atoms with Crippen LogP contribution in [0.1, 0.15) is 23.6 Å². The molecule has 5 rings (SSSR count). The van der Waals surface area contributed by atoms with E-state index in [0.29, 0.717) is 28.5 Å². The molecule has 1 aliphatic heterocycles. The van der Waals surface area contributed by atoms with E-state index in [1.54, 1.807) is 24.1 Å². The Balaban J connectivity index is 1.48. The third kappa shape index (κ3) is 4.84. The second kappa shape index (κ2) is 10.0. The highest BCUT2D eigenvalue weighted by Crippen LogP contribution is 2.33. The fourth-order valence-corrected chi connectivity index (χ4v) is 4.25. The Hall–Kier alpha value is -4.46. The van der Waals surface area contributed by atoms with Gasteiger partial charge in [-0.05, 0) is 65.4 Å². The number of rotatable bonds is 7. The molecule has 0 spiro atoms. The van der Waals surface area contributed by atoms with Gasteiger partial charge in [-0.15, -0.1) is 0 Å². The SMILES string of the molecule is CCc1ccc2[nH]c(=O)c(CN(Cc3ccc4c(c3)OCO4)C(=O)Nc3ccccc3OC)cc2c1. The highest BCUT2D eigenvalue weighted by atomic mass is 16.7. The van der Waals surface area contributed by atoms with Gasteiger partial charge < -0.3 is 29.4 Å². The second-order valence-corrected chi connectivity index (χ2v) is 8.57. The summed E-state index contributed by atoms with van der Waals surface area (Å²) in [5.74, 6) is 1.85. The summed E-state index contributed by atoms with van der Waals surface area (Å²) in [5, 5.41) is 3.85. The summed E-state index contributed by atoms with van der Waals surface area (Å²) in [4.78, 5) is 31.0. The van der Waals surface area contributed by atoms with Crippen LogP contribution in [0.4, 0.5) is 10.5 Å². The summed E-state index contributed by atoms with van der Waals surface area (Å²) in [5.41, 5.74) is 3.59. The van der Waals surface area contributed by atoms with Crippen LogP contribution in [-0.4, -0.2) is 29.8 Å². The average Bonchev–Trinajstić information content (AvgIpc) is 3.36. The first-order valence-corrected chi connectivity index (χ1v) is 11.8.